The SMILES string of the molecule is FC(Oc1cccn2nc(NC3C4CCC3CN(c3ccnc(C(F)(F)F)c3)C4)nc12)C(F)(F)F. The molecular weight excluding hydrogens is 485 g/mol. The summed E-state index contributed by atoms with van der Waals surface area (Å²) in [6.07, 6.45) is -8.95. The van der Waals surface area contributed by atoms with E-state index in [1.807, 2.05) is 4.90 Å². The van der Waals surface area contributed by atoms with Crippen molar-refractivity contribution < 1.29 is 35.5 Å². The number of alkyl halides is 7. The number of piperidine rings is 1. The molecule has 35 heavy (non-hydrogen) atoms. The molecule has 1 N–H and O–H groups in total. The van der Waals surface area contributed by atoms with Gasteiger partial charge in [0.25, 0.3) is 0 Å². The lowest BCUT2D eigenvalue weighted by molar-refractivity contribution is -0.236. The average molecular weight is 504 g/mol. The van der Waals surface area contributed by atoms with E-state index in [0.717, 1.165) is 31.2 Å². The van der Waals surface area contributed by atoms with Crippen LogP contribution >= 0.6 is 0 Å². The normalized spacial score (nSPS) is 23.5. The van der Waals surface area contributed by atoms with Gasteiger partial charge in [-0.15, -0.1) is 5.10 Å². The third-order valence-corrected chi connectivity index (χ3v) is 6.34. The number of halogens is 7. The molecule has 7 nitrogen and oxygen atoms in total. The van der Waals surface area contributed by atoms with Crippen LogP contribution in [0.4, 0.5) is 42.4 Å². The van der Waals surface area contributed by atoms with Crippen LogP contribution in [-0.4, -0.2) is 51.2 Å². The quantitative estimate of drug-likeness (QED) is 0.508. The molecule has 3 aromatic heterocycles. The van der Waals surface area contributed by atoms with Gasteiger partial charge in [-0.25, -0.2) is 4.52 Å². The molecule has 2 fully saturated rings. The lowest BCUT2D eigenvalue weighted by Gasteiger charge is -2.39. The molecule has 1 saturated carbocycles. The average Bonchev–Trinajstić information content (AvgIpc) is 3.29. The molecule has 2 aliphatic rings. The van der Waals surface area contributed by atoms with Crippen molar-refractivity contribution in [1.29, 1.82) is 0 Å². The fourth-order valence-electron chi connectivity index (χ4n) is 4.80. The number of fused-ring (bicyclic) bond motifs is 3. The lowest BCUT2D eigenvalue weighted by atomic mass is 9.92. The Bertz CT molecular complexity index is 1200. The number of ether oxygens (including phenoxy) is 1. The molecule has 188 valence electrons. The van der Waals surface area contributed by atoms with Crippen LogP contribution in [-0.2, 0) is 6.18 Å². The minimum Gasteiger partial charge on any atom is -0.448 e. The standard InChI is InChI=1S/C21H19F7N6O/c22-18(21(26,27)28)35-14-2-1-7-34-17(14)31-19(32-34)30-16-11-3-4-12(16)10-33(9-11)13-5-6-29-15(8-13)20(23,24)25/h1-2,5-8,11-12,16,18H,3-4,9-10H2,(H,30,32). The molecule has 0 aromatic carbocycles. The maximum absolute atomic E-state index is 13.4. The van der Waals surface area contributed by atoms with Crippen molar-refractivity contribution in [2.45, 2.75) is 37.6 Å². The maximum Gasteiger partial charge on any atom is 0.457 e. The van der Waals surface area contributed by atoms with Crippen molar-refractivity contribution in [3.05, 3.63) is 42.4 Å². The van der Waals surface area contributed by atoms with Crippen molar-refractivity contribution in [3.8, 4) is 5.75 Å². The highest BCUT2D eigenvalue weighted by Crippen LogP contribution is 2.41. The van der Waals surface area contributed by atoms with Crippen LogP contribution in [0.5, 0.6) is 5.75 Å². The first kappa shape index (κ1) is 23.4. The number of rotatable bonds is 5. The van der Waals surface area contributed by atoms with E-state index < -0.39 is 30.2 Å². The van der Waals surface area contributed by atoms with E-state index in [-0.39, 0.29) is 29.5 Å². The van der Waals surface area contributed by atoms with Crippen LogP contribution < -0.4 is 15.0 Å². The van der Waals surface area contributed by atoms with Gasteiger partial charge in [0, 0.05) is 37.2 Å². The smallest absolute Gasteiger partial charge is 0.448 e. The first-order valence-corrected chi connectivity index (χ1v) is 10.8. The summed E-state index contributed by atoms with van der Waals surface area (Å²) in [5, 5.41) is 7.43. The van der Waals surface area contributed by atoms with Crippen molar-refractivity contribution in [2.24, 2.45) is 11.8 Å². The second-order valence-electron chi connectivity index (χ2n) is 8.62. The molecule has 3 aromatic rings. The fourth-order valence-corrected chi connectivity index (χ4v) is 4.80. The molecule has 1 aliphatic carbocycles. The Balaban J connectivity index is 1.32. The minimum absolute atomic E-state index is 0.0804. The van der Waals surface area contributed by atoms with Crippen LogP contribution in [0.15, 0.2) is 36.7 Å². The van der Waals surface area contributed by atoms with Crippen LogP contribution in [0.2, 0.25) is 0 Å². The molecule has 1 saturated heterocycles. The molecule has 0 radical (unpaired) electrons. The van der Waals surface area contributed by atoms with Gasteiger partial charge in [0.15, 0.2) is 11.4 Å². The van der Waals surface area contributed by atoms with Gasteiger partial charge in [0.1, 0.15) is 5.69 Å². The van der Waals surface area contributed by atoms with E-state index in [4.69, 9.17) is 0 Å². The maximum atomic E-state index is 13.4. The highest BCUT2D eigenvalue weighted by molar-refractivity contribution is 5.56. The summed E-state index contributed by atoms with van der Waals surface area (Å²) in [6.45, 7) is 1.01. The van der Waals surface area contributed by atoms with Gasteiger partial charge < -0.3 is 15.0 Å². The zero-order chi connectivity index (χ0) is 25.0. The van der Waals surface area contributed by atoms with Crippen LogP contribution in [0.3, 0.4) is 0 Å². The first-order valence-electron chi connectivity index (χ1n) is 10.8. The van der Waals surface area contributed by atoms with Gasteiger partial charge >= 0.3 is 18.7 Å². The number of hydrogen-bond donors (Lipinski definition) is 1. The summed E-state index contributed by atoms with van der Waals surface area (Å²) < 4.78 is 95.8. The van der Waals surface area contributed by atoms with Gasteiger partial charge in [-0.05, 0) is 48.9 Å². The molecular formula is C21H19F7N6O. The van der Waals surface area contributed by atoms with Gasteiger partial charge in [-0.1, -0.05) is 0 Å². The zero-order valence-corrected chi connectivity index (χ0v) is 17.9. The lowest BCUT2D eigenvalue weighted by Crippen LogP contribution is -2.48. The molecule has 5 rings (SSSR count). The van der Waals surface area contributed by atoms with Gasteiger partial charge in [-0.3, -0.25) is 4.98 Å². The van der Waals surface area contributed by atoms with Gasteiger partial charge in [0.2, 0.25) is 5.95 Å². The molecule has 4 heterocycles. The van der Waals surface area contributed by atoms with Crippen LogP contribution in [0.25, 0.3) is 5.65 Å². The summed E-state index contributed by atoms with van der Waals surface area (Å²) in [7, 11) is 0. The second kappa shape index (κ2) is 8.41. The summed E-state index contributed by atoms with van der Waals surface area (Å²) >= 11 is 0. The largest absolute Gasteiger partial charge is 0.457 e. The Kier molecular flexibility index (Phi) is 5.63. The number of anilines is 2. The van der Waals surface area contributed by atoms with E-state index in [2.05, 4.69) is 25.1 Å². The van der Waals surface area contributed by atoms with E-state index in [0.29, 0.717) is 18.8 Å². The van der Waals surface area contributed by atoms with Crippen molar-refractivity contribution in [2.75, 3.05) is 23.3 Å². The zero-order valence-electron chi connectivity index (χ0n) is 17.9. The van der Waals surface area contributed by atoms with Gasteiger partial charge in [-0.2, -0.15) is 35.7 Å². The summed E-state index contributed by atoms with van der Waals surface area (Å²) in [6, 6.07) is 5.03. The van der Waals surface area contributed by atoms with E-state index in [1.54, 1.807) is 6.07 Å². The number of aromatic nitrogens is 4. The first-order chi connectivity index (χ1) is 16.5. The minimum atomic E-state index is -5.18. The second-order valence-corrected chi connectivity index (χ2v) is 8.62. The Labute approximate surface area is 193 Å². The predicted molar refractivity (Wildman–Crippen MR) is 110 cm³/mol. The topological polar surface area (TPSA) is 67.6 Å². The van der Waals surface area contributed by atoms with Crippen molar-refractivity contribution in [1.82, 2.24) is 19.6 Å². The fraction of sp³-hybridized carbons (Fsp3) is 0.476. The number of hydrogen-bond acceptors (Lipinski definition) is 6. The Morgan fingerprint density at radius 2 is 1.77 bits per heavy atom. The number of nitrogens with zero attached hydrogens (tertiary/aromatic N) is 5. The number of nitrogens with one attached hydrogen (secondary N) is 1. The number of pyridine rings is 2. The van der Waals surface area contributed by atoms with E-state index in [9.17, 15) is 30.7 Å². The molecule has 0 spiro atoms. The third-order valence-electron chi connectivity index (χ3n) is 6.34. The monoisotopic (exact) mass is 504 g/mol. The predicted octanol–water partition coefficient (Wildman–Crippen LogP) is 4.71. The van der Waals surface area contributed by atoms with Gasteiger partial charge in [0.05, 0.1) is 0 Å². The van der Waals surface area contributed by atoms with Crippen LogP contribution in [0.1, 0.15) is 18.5 Å². The molecule has 3 atom stereocenters. The molecule has 3 unspecified atom stereocenters. The third kappa shape index (κ3) is 4.65. The molecule has 2 bridgehead atoms. The molecule has 1 aliphatic heterocycles. The highest BCUT2D eigenvalue weighted by atomic mass is 19.4. The Hall–Kier alpha value is -3.32. The summed E-state index contributed by atoms with van der Waals surface area (Å²) in [4.78, 5) is 9.50. The van der Waals surface area contributed by atoms with Crippen molar-refractivity contribution in [3.63, 3.8) is 0 Å². The highest BCUT2D eigenvalue weighted by Gasteiger charge is 2.44. The van der Waals surface area contributed by atoms with Crippen molar-refractivity contribution >= 4 is 17.3 Å². The molecule has 0 amide bonds. The summed E-state index contributed by atoms with van der Waals surface area (Å²) in [5.74, 6) is -0.103. The molecule has 14 heteroatoms. The Morgan fingerprint density at radius 3 is 2.43 bits per heavy atom. The summed E-state index contributed by atoms with van der Waals surface area (Å²) in [5.41, 5.74) is -0.584. The Morgan fingerprint density at radius 1 is 1.06 bits per heavy atom. The van der Waals surface area contributed by atoms with E-state index >= 15 is 0 Å². The van der Waals surface area contributed by atoms with Crippen LogP contribution in [0, 0.1) is 11.8 Å². The van der Waals surface area contributed by atoms with E-state index in [1.165, 1.54) is 16.8 Å².